The van der Waals surface area contributed by atoms with Crippen molar-refractivity contribution >= 4 is 37.7 Å². The van der Waals surface area contributed by atoms with E-state index in [9.17, 15) is 0 Å². The Bertz CT molecular complexity index is 997. The van der Waals surface area contributed by atoms with E-state index in [4.69, 9.17) is 0 Å². The molecule has 0 radical (unpaired) electrons. The largest absolute Gasteiger partial charge is 0.309 e. The highest BCUT2D eigenvalue weighted by atomic mass is 79.9. The number of hydrogen-bond donors (Lipinski definition) is 0. The average Bonchev–Trinajstić information content (AvgIpc) is 2.81. The van der Waals surface area contributed by atoms with Crippen LogP contribution in [0.15, 0.2) is 65.1 Å². The van der Waals surface area contributed by atoms with Gasteiger partial charge in [-0.25, -0.2) is 0 Å². The Hall–Kier alpha value is -2.06. The monoisotopic (exact) mass is 349 g/mol. The maximum atomic E-state index is 3.67. The minimum atomic E-state index is 1.16. The summed E-state index contributed by atoms with van der Waals surface area (Å²) in [4.78, 5) is 0. The molecule has 0 saturated carbocycles. The molecule has 2 heteroatoms. The molecule has 0 fully saturated rings. The van der Waals surface area contributed by atoms with E-state index in [0.29, 0.717) is 0 Å². The summed E-state index contributed by atoms with van der Waals surface area (Å²) in [6.45, 7) is 4.29. The molecule has 0 spiro atoms. The lowest BCUT2D eigenvalue weighted by atomic mass is 10.1. The van der Waals surface area contributed by atoms with Crippen LogP contribution in [0.1, 0.15) is 11.1 Å². The van der Waals surface area contributed by atoms with Gasteiger partial charge < -0.3 is 4.57 Å². The lowest BCUT2D eigenvalue weighted by Crippen LogP contribution is -1.93. The number of halogens is 1. The van der Waals surface area contributed by atoms with Gasteiger partial charge in [-0.2, -0.15) is 0 Å². The first-order valence-electron chi connectivity index (χ1n) is 7.41. The van der Waals surface area contributed by atoms with Crippen molar-refractivity contribution in [1.29, 1.82) is 0 Å². The number of fused-ring (bicyclic) bond motifs is 3. The predicted molar refractivity (Wildman–Crippen MR) is 98.0 cm³/mol. The van der Waals surface area contributed by atoms with E-state index in [0.717, 1.165) is 4.47 Å². The smallest absolute Gasteiger partial charge is 0.0544 e. The molecule has 0 aliphatic heterocycles. The minimum Gasteiger partial charge on any atom is -0.309 e. The number of benzene rings is 3. The van der Waals surface area contributed by atoms with Gasteiger partial charge in [-0.15, -0.1) is 0 Å². The SMILES string of the molecule is Cc1ccc2c3cc(Br)c(C)cc3n(-c3ccccc3)c2c1. The molecule has 0 atom stereocenters. The number of aromatic nitrogens is 1. The van der Waals surface area contributed by atoms with Gasteiger partial charge >= 0.3 is 0 Å². The zero-order valence-electron chi connectivity index (χ0n) is 12.6. The van der Waals surface area contributed by atoms with Crippen molar-refractivity contribution in [2.75, 3.05) is 0 Å². The Kier molecular flexibility index (Phi) is 3.08. The standard InChI is InChI=1S/C20H16BrN/c1-13-8-9-16-17-12-18(21)14(2)11-20(17)22(19(16)10-13)15-6-4-3-5-7-15/h3-12H,1-2H3. The van der Waals surface area contributed by atoms with Crippen LogP contribution in [0.5, 0.6) is 0 Å². The van der Waals surface area contributed by atoms with Crippen LogP contribution in [0.4, 0.5) is 0 Å². The van der Waals surface area contributed by atoms with E-state index in [1.165, 1.54) is 38.6 Å². The first kappa shape index (κ1) is 13.6. The van der Waals surface area contributed by atoms with Crippen molar-refractivity contribution in [1.82, 2.24) is 4.57 Å². The van der Waals surface area contributed by atoms with Gasteiger partial charge in [-0.05, 0) is 55.3 Å². The summed E-state index contributed by atoms with van der Waals surface area (Å²) in [6.07, 6.45) is 0. The average molecular weight is 350 g/mol. The van der Waals surface area contributed by atoms with E-state index >= 15 is 0 Å². The second kappa shape index (κ2) is 4.99. The van der Waals surface area contributed by atoms with Gasteiger partial charge in [0.15, 0.2) is 0 Å². The molecule has 0 aliphatic carbocycles. The van der Waals surface area contributed by atoms with Crippen LogP contribution in [-0.4, -0.2) is 4.57 Å². The van der Waals surface area contributed by atoms with Crippen molar-refractivity contribution < 1.29 is 0 Å². The molecule has 0 unspecified atom stereocenters. The zero-order chi connectivity index (χ0) is 15.3. The van der Waals surface area contributed by atoms with Gasteiger partial charge in [-0.1, -0.05) is 46.3 Å². The molecule has 1 aromatic heterocycles. The van der Waals surface area contributed by atoms with Crippen molar-refractivity contribution in [3.8, 4) is 5.69 Å². The van der Waals surface area contributed by atoms with Crippen molar-refractivity contribution in [2.24, 2.45) is 0 Å². The minimum absolute atomic E-state index is 1.16. The summed E-state index contributed by atoms with van der Waals surface area (Å²) >= 11 is 3.67. The van der Waals surface area contributed by atoms with Gasteiger partial charge in [-0.3, -0.25) is 0 Å². The molecule has 0 N–H and O–H groups in total. The fourth-order valence-electron chi connectivity index (χ4n) is 3.11. The maximum absolute atomic E-state index is 3.67. The molecule has 0 saturated heterocycles. The molecule has 0 amide bonds. The predicted octanol–water partition coefficient (Wildman–Crippen LogP) is 6.16. The second-order valence-electron chi connectivity index (χ2n) is 5.81. The lowest BCUT2D eigenvalue weighted by Gasteiger charge is -2.08. The molecule has 1 heterocycles. The molecular weight excluding hydrogens is 334 g/mol. The van der Waals surface area contributed by atoms with Crippen LogP contribution in [0.3, 0.4) is 0 Å². The van der Waals surface area contributed by atoms with Gasteiger partial charge in [0.25, 0.3) is 0 Å². The van der Waals surface area contributed by atoms with E-state index in [1.54, 1.807) is 0 Å². The quantitative estimate of drug-likeness (QED) is 0.387. The Morgan fingerprint density at radius 2 is 1.50 bits per heavy atom. The number of nitrogens with zero attached hydrogens (tertiary/aromatic N) is 1. The highest BCUT2D eigenvalue weighted by molar-refractivity contribution is 9.10. The third kappa shape index (κ3) is 1.98. The summed E-state index contributed by atoms with van der Waals surface area (Å²) in [5, 5.41) is 2.58. The zero-order valence-corrected chi connectivity index (χ0v) is 14.2. The summed E-state index contributed by atoms with van der Waals surface area (Å²) in [5.41, 5.74) is 6.26. The Morgan fingerprint density at radius 1 is 0.773 bits per heavy atom. The van der Waals surface area contributed by atoms with Crippen LogP contribution in [-0.2, 0) is 0 Å². The summed E-state index contributed by atoms with van der Waals surface area (Å²) in [5.74, 6) is 0. The van der Waals surface area contributed by atoms with Crippen molar-refractivity contribution in [2.45, 2.75) is 13.8 Å². The van der Waals surface area contributed by atoms with Crippen molar-refractivity contribution in [3.05, 3.63) is 76.3 Å². The fourth-order valence-corrected chi connectivity index (χ4v) is 3.45. The number of rotatable bonds is 1. The molecule has 0 aliphatic rings. The normalized spacial score (nSPS) is 11.4. The molecule has 22 heavy (non-hydrogen) atoms. The fraction of sp³-hybridized carbons (Fsp3) is 0.100. The molecule has 1 nitrogen and oxygen atoms in total. The molecule has 108 valence electrons. The van der Waals surface area contributed by atoms with E-state index < -0.39 is 0 Å². The Balaban J connectivity index is 2.24. The maximum Gasteiger partial charge on any atom is 0.0544 e. The molecule has 4 rings (SSSR count). The third-order valence-corrected chi connectivity index (χ3v) is 5.07. The number of hydrogen-bond acceptors (Lipinski definition) is 0. The van der Waals surface area contributed by atoms with Crippen LogP contribution >= 0.6 is 15.9 Å². The molecule has 4 aromatic rings. The van der Waals surface area contributed by atoms with Gasteiger partial charge in [0.1, 0.15) is 0 Å². The molecular formula is C20H16BrN. The first-order valence-corrected chi connectivity index (χ1v) is 8.21. The summed E-state index contributed by atoms with van der Waals surface area (Å²) in [6, 6.07) is 21.8. The Morgan fingerprint density at radius 3 is 2.27 bits per heavy atom. The topological polar surface area (TPSA) is 4.93 Å². The number of para-hydroxylation sites is 1. The van der Waals surface area contributed by atoms with E-state index in [-0.39, 0.29) is 0 Å². The lowest BCUT2D eigenvalue weighted by molar-refractivity contribution is 1.17. The summed E-state index contributed by atoms with van der Waals surface area (Å²) in [7, 11) is 0. The van der Waals surface area contributed by atoms with Crippen LogP contribution < -0.4 is 0 Å². The van der Waals surface area contributed by atoms with E-state index in [2.05, 4.69) is 95.0 Å². The van der Waals surface area contributed by atoms with Gasteiger partial charge in [0, 0.05) is 20.9 Å². The highest BCUT2D eigenvalue weighted by Crippen LogP contribution is 2.35. The second-order valence-corrected chi connectivity index (χ2v) is 6.66. The van der Waals surface area contributed by atoms with Gasteiger partial charge in [0.2, 0.25) is 0 Å². The first-order chi connectivity index (χ1) is 10.6. The number of aryl methyl sites for hydroxylation is 2. The highest BCUT2D eigenvalue weighted by Gasteiger charge is 2.13. The van der Waals surface area contributed by atoms with Crippen LogP contribution in [0, 0.1) is 13.8 Å². The molecule has 3 aromatic carbocycles. The Labute approximate surface area is 138 Å². The summed E-state index contributed by atoms with van der Waals surface area (Å²) < 4.78 is 3.52. The van der Waals surface area contributed by atoms with Crippen LogP contribution in [0.2, 0.25) is 0 Å². The third-order valence-electron chi connectivity index (χ3n) is 4.22. The van der Waals surface area contributed by atoms with Gasteiger partial charge in [0.05, 0.1) is 11.0 Å². The molecule has 0 bridgehead atoms. The van der Waals surface area contributed by atoms with Crippen molar-refractivity contribution in [3.63, 3.8) is 0 Å². The van der Waals surface area contributed by atoms with Crippen LogP contribution in [0.25, 0.3) is 27.5 Å². The van der Waals surface area contributed by atoms with E-state index in [1.807, 2.05) is 0 Å².